The highest BCUT2D eigenvalue weighted by molar-refractivity contribution is 9.10. The first-order chi connectivity index (χ1) is 14.6. The zero-order valence-corrected chi connectivity index (χ0v) is 19.2. The molecule has 1 saturated heterocycles. The van der Waals surface area contributed by atoms with Gasteiger partial charge in [-0.2, -0.15) is 5.10 Å². The number of likely N-dealkylation sites (tertiary alicyclic amines) is 1. The summed E-state index contributed by atoms with van der Waals surface area (Å²) in [5.74, 6) is 1.88. The standard InChI is InChI=1S/C24H28BrN3O2/c1-3-12-27-13-10-24(11-14-27)28-22(20-15-18(25)6-9-23(20)30-24)16-21(26-28)17-4-7-19(29-2)8-5-17/h4-9,15,22H,3,10-14,16H2,1-2H3/t22-/m0/s1. The lowest BCUT2D eigenvalue weighted by Gasteiger charge is -2.51. The number of piperidine rings is 1. The van der Waals surface area contributed by atoms with Crippen LogP contribution < -0.4 is 9.47 Å². The summed E-state index contributed by atoms with van der Waals surface area (Å²) in [6.45, 7) is 5.51. The Hall–Kier alpha value is -2.05. The highest BCUT2D eigenvalue weighted by atomic mass is 79.9. The third-order valence-electron chi connectivity index (χ3n) is 6.56. The Morgan fingerprint density at radius 2 is 1.93 bits per heavy atom. The number of methoxy groups -OCH3 is 1. The van der Waals surface area contributed by atoms with Gasteiger partial charge in [-0.05, 0) is 61.0 Å². The van der Waals surface area contributed by atoms with Gasteiger partial charge in [-0.25, -0.2) is 5.01 Å². The summed E-state index contributed by atoms with van der Waals surface area (Å²) in [5.41, 5.74) is 3.14. The van der Waals surface area contributed by atoms with Gasteiger partial charge in [0.2, 0.25) is 5.72 Å². The van der Waals surface area contributed by atoms with Crippen LogP contribution in [0.5, 0.6) is 11.5 Å². The maximum atomic E-state index is 6.73. The number of hydrogen-bond acceptors (Lipinski definition) is 5. The molecule has 1 atom stereocenters. The van der Waals surface area contributed by atoms with Crippen molar-refractivity contribution < 1.29 is 9.47 Å². The lowest BCUT2D eigenvalue weighted by Crippen LogP contribution is -2.59. The van der Waals surface area contributed by atoms with Crippen molar-refractivity contribution >= 4 is 21.6 Å². The monoisotopic (exact) mass is 469 g/mol. The summed E-state index contributed by atoms with van der Waals surface area (Å²) in [4.78, 5) is 2.55. The Morgan fingerprint density at radius 1 is 1.17 bits per heavy atom. The lowest BCUT2D eigenvalue weighted by molar-refractivity contribution is -0.149. The highest BCUT2D eigenvalue weighted by Crippen LogP contribution is 2.50. The quantitative estimate of drug-likeness (QED) is 0.616. The van der Waals surface area contributed by atoms with Crippen molar-refractivity contribution in [3.8, 4) is 11.5 Å². The molecule has 0 unspecified atom stereocenters. The largest absolute Gasteiger partial charge is 0.497 e. The molecule has 0 aliphatic carbocycles. The number of fused-ring (bicyclic) bond motifs is 4. The highest BCUT2D eigenvalue weighted by Gasteiger charge is 2.51. The van der Waals surface area contributed by atoms with E-state index in [2.05, 4.69) is 63.1 Å². The van der Waals surface area contributed by atoms with E-state index in [-0.39, 0.29) is 11.8 Å². The van der Waals surface area contributed by atoms with E-state index in [0.717, 1.165) is 66.1 Å². The van der Waals surface area contributed by atoms with Crippen LogP contribution in [0.2, 0.25) is 0 Å². The Balaban J connectivity index is 1.51. The summed E-state index contributed by atoms with van der Waals surface area (Å²) < 4.78 is 13.1. The van der Waals surface area contributed by atoms with Gasteiger partial charge in [0.15, 0.2) is 0 Å². The van der Waals surface area contributed by atoms with Crippen LogP contribution in [-0.2, 0) is 0 Å². The van der Waals surface area contributed by atoms with Crippen molar-refractivity contribution in [2.75, 3.05) is 26.7 Å². The van der Waals surface area contributed by atoms with E-state index in [9.17, 15) is 0 Å². The topological polar surface area (TPSA) is 37.3 Å². The van der Waals surface area contributed by atoms with Crippen LogP contribution >= 0.6 is 15.9 Å². The second-order valence-corrected chi connectivity index (χ2v) is 9.33. The zero-order chi connectivity index (χ0) is 20.7. The Morgan fingerprint density at radius 3 is 2.63 bits per heavy atom. The predicted molar refractivity (Wildman–Crippen MR) is 122 cm³/mol. The maximum absolute atomic E-state index is 6.73. The fourth-order valence-corrected chi connectivity index (χ4v) is 5.36. The molecule has 0 bridgehead atoms. The van der Waals surface area contributed by atoms with Crippen molar-refractivity contribution in [1.82, 2.24) is 9.91 Å². The minimum absolute atomic E-state index is 0.209. The molecule has 3 heterocycles. The summed E-state index contributed by atoms with van der Waals surface area (Å²) in [6.07, 6.45) is 4.02. The van der Waals surface area contributed by atoms with Crippen LogP contribution in [0.3, 0.4) is 0 Å². The molecule has 0 N–H and O–H groups in total. The number of halogens is 1. The Bertz CT molecular complexity index is 951. The molecule has 5 nitrogen and oxygen atoms in total. The molecular weight excluding hydrogens is 442 g/mol. The van der Waals surface area contributed by atoms with Crippen molar-refractivity contribution in [2.24, 2.45) is 5.10 Å². The molecular formula is C24H28BrN3O2. The minimum Gasteiger partial charge on any atom is -0.497 e. The number of ether oxygens (including phenoxy) is 2. The van der Waals surface area contributed by atoms with Crippen LogP contribution in [0, 0.1) is 0 Å². The molecule has 5 rings (SSSR count). The van der Waals surface area contributed by atoms with E-state index in [0.29, 0.717) is 0 Å². The van der Waals surface area contributed by atoms with Crippen molar-refractivity contribution in [3.05, 3.63) is 58.1 Å². The number of nitrogens with zero attached hydrogens (tertiary/aromatic N) is 3. The van der Waals surface area contributed by atoms with Crippen LogP contribution in [0.1, 0.15) is 49.8 Å². The van der Waals surface area contributed by atoms with Crippen LogP contribution in [0.15, 0.2) is 52.0 Å². The predicted octanol–water partition coefficient (Wildman–Crippen LogP) is 5.20. The van der Waals surface area contributed by atoms with Gasteiger partial charge >= 0.3 is 0 Å². The Labute approximate surface area is 186 Å². The summed E-state index contributed by atoms with van der Waals surface area (Å²) in [6, 6.07) is 14.8. The molecule has 1 fully saturated rings. The normalized spacial score (nSPS) is 22.3. The molecule has 3 aliphatic heterocycles. The average Bonchev–Trinajstić information content (AvgIpc) is 3.23. The second kappa shape index (κ2) is 7.89. The van der Waals surface area contributed by atoms with Gasteiger partial charge in [0.1, 0.15) is 11.5 Å². The molecule has 0 amide bonds. The Kier molecular flexibility index (Phi) is 5.23. The first kappa shape index (κ1) is 19.9. The van der Waals surface area contributed by atoms with Gasteiger partial charge < -0.3 is 14.4 Å². The van der Waals surface area contributed by atoms with E-state index in [1.165, 1.54) is 12.0 Å². The van der Waals surface area contributed by atoms with E-state index in [4.69, 9.17) is 14.6 Å². The zero-order valence-electron chi connectivity index (χ0n) is 17.6. The lowest BCUT2D eigenvalue weighted by atomic mass is 9.90. The van der Waals surface area contributed by atoms with Crippen molar-refractivity contribution in [2.45, 2.75) is 44.4 Å². The molecule has 0 radical (unpaired) electrons. The molecule has 6 heteroatoms. The van der Waals surface area contributed by atoms with Gasteiger partial charge in [0.05, 0.1) is 18.9 Å². The molecule has 30 heavy (non-hydrogen) atoms. The molecule has 1 spiro atoms. The molecule has 158 valence electrons. The number of rotatable bonds is 4. The minimum atomic E-state index is -0.357. The van der Waals surface area contributed by atoms with Crippen molar-refractivity contribution in [3.63, 3.8) is 0 Å². The molecule has 2 aromatic rings. The number of hydrazone groups is 1. The molecule has 2 aromatic carbocycles. The third kappa shape index (κ3) is 3.40. The van der Waals surface area contributed by atoms with Gasteiger partial charge in [-0.3, -0.25) is 0 Å². The smallest absolute Gasteiger partial charge is 0.200 e. The molecule has 0 saturated carbocycles. The maximum Gasteiger partial charge on any atom is 0.200 e. The SMILES string of the molecule is CCCN1CCC2(CC1)Oc1ccc(Br)cc1[C@@H]1CC(c3ccc(OC)cc3)=NN12. The van der Waals surface area contributed by atoms with Gasteiger partial charge in [-0.1, -0.05) is 22.9 Å². The summed E-state index contributed by atoms with van der Waals surface area (Å²) >= 11 is 3.64. The first-order valence-corrected chi connectivity index (χ1v) is 11.6. The molecule has 3 aliphatic rings. The van der Waals surface area contributed by atoms with Crippen LogP contribution in [0.25, 0.3) is 0 Å². The third-order valence-corrected chi connectivity index (χ3v) is 7.05. The van der Waals surface area contributed by atoms with Gasteiger partial charge in [0.25, 0.3) is 0 Å². The van der Waals surface area contributed by atoms with E-state index in [1.807, 2.05) is 12.1 Å². The van der Waals surface area contributed by atoms with Crippen LogP contribution in [-0.4, -0.2) is 48.1 Å². The number of hydrogen-bond donors (Lipinski definition) is 0. The van der Waals surface area contributed by atoms with Crippen molar-refractivity contribution in [1.29, 1.82) is 0 Å². The average molecular weight is 470 g/mol. The summed E-state index contributed by atoms with van der Waals surface area (Å²) in [7, 11) is 1.70. The van der Waals surface area contributed by atoms with Gasteiger partial charge in [-0.15, -0.1) is 0 Å². The van der Waals surface area contributed by atoms with Crippen LogP contribution in [0.4, 0.5) is 0 Å². The first-order valence-electron chi connectivity index (χ1n) is 10.8. The number of benzene rings is 2. The fourth-order valence-electron chi connectivity index (χ4n) is 4.98. The van der Waals surface area contributed by atoms with E-state index < -0.39 is 0 Å². The van der Waals surface area contributed by atoms with E-state index in [1.54, 1.807) is 7.11 Å². The summed E-state index contributed by atoms with van der Waals surface area (Å²) in [5, 5.41) is 7.45. The van der Waals surface area contributed by atoms with Gasteiger partial charge in [0, 0.05) is 42.4 Å². The molecule has 0 aromatic heterocycles. The fraction of sp³-hybridized carbons (Fsp3) is 0.458. The van der Waals surface area contributed by atoms with E-state index >= 15 is 0 Å². The second-order valence-electron chi connectivity index (χ2n) is 8.41.